The van der Waals surface area contributed by atoms with Gasteiger partial charge < -0.3 is 21.1 Å². The molecular formula is C14H23N3O2. The zero-order valence-electron chi connectivity index (χ0n) is 11.8. The van der Waals surface area contributed by atoms with Crippen molar-refractivity contribution in [3.05, 3.63) is 23.8 Å². The highest BCUT2D eigenvalue weighted by Crippen LogP contribution is 2.19. The van der Waals surface area contributed by atoms with Crippen molar-refractivity contribution in [1.29, 1.82) is 0 Å². The van der Waals surface area contributed by atoms with Crippen LogP contribution in [0, 0.1) is 0 Å². The molecule has 0 fully saturated rings. The Labute approximate surface area is 114 Å². The summed E-state index contributed by atoms with van der Waals surface area (Å²) in [6.07, 6.45) is 1.12. The third kappa shape index (κ3) is 4.44. The van der Waals surface area contributed by atoms with E-state index in [-0.39, 0.29) is 5.56 Å². The van der Waals surface area contributed by atoms with Crippen molar-refractivity contribution in [2.45, 2.75) is 26.3 Å². The van der Waals surface area contributed by atoms with Crippen molar-refractivity contribution in [3.8, 4) is 0 Å². The Morgan fingerprint density at radius 1 is 1.53 bits per heavy atom. The minimum Gasteiger partial charge on any atom is -0.478 e. The maximum absolute atomic E-state index is 10.8. The number of nitrogen functional groups attached to an aromatic ring is 1. The topological polar surface area (TPSA) is 78.6 Å². The van der Waals surface area contributed by atoms with Crippen LogP contribution in [0.4, 0.5) is 11.4 Å². The van der Waals surface area contributed by atoms with E-state index in [2.05, 4.69) is 31.1 Å². The number of likely N-dealkylation sites (N-methyl/N-ethyl adjacent to an activating group) is 1. The second kappa shape index (κ2) is 6.99. The van der Waals surface area contributed by atoms with Gasteiger partial charge in [0.15, 0.2) is 0 Å². The molecule has 0 radical (unpaired) electrons. The van der Waals surface area contributed by atoms with Gasteiger partial charge in [-0.3, -0.25) is 0 Å². The Bertz CT molecular complexity index is 435. The highest BCUT2D eigenvalue weighted by Gasteiger charge is 2.08. The number of carbonyl (C=O) groups is 1. The molecule has 1 rings (SSSR count). The van der Waals surface area contributed by atoms with Crippen molar-refractivity contribution < 1.29 is 9.90 Å². The van der Waals surface area contributed by atoms with Crippen molar-refractivity contribution in [1.82, 2.24) is 4.90 Å². The maximum atomic E-state index is 10.8. The number of carboxylic acid groups (broad SMARTS) is 1. The van der Waals surface area contributed by atoms with Gasteiger partial charge in [-0.1, -0.05) is 6.92 Å². The molecule has 5 nitrogen and oxygen atoms in total. The summed E-state index contributed by atoms with van der Waals surface area (Å²) in [5, 5.41) is 12.1. The monoisotopic (exact) mass is 265 g/mol. The quantitative estimate of drug-likeness (QED) is 0.658. The highest BCUT2D eigenvalue weighted by molar-refractivity contribution is 5.90. The van der Waals surface area contributed by atoms with Crippen LogP contribution in [-0.2, 0) is 0 Å². The van der Waals surface area contributed by atoms with Crippen LogP contribution in [-0.4, -0.2) is 42.2 Å². The highest BCUT2D eigenvalue weighted by atomic mass is 16.4. The van der Waals surface area contributed by atoms with Crippen LogP contribution in [0.1, 0.15) is 30.6 Å². The number of nitrogens with zero attached hydrogens (tertiary/aromatic N) is 1. The predicted octanol–water partition coefficient (Wildman–Crippen LogP) is 2.11. The fourth-order valence-electron chi connectivity index (χ4n) is 1.76. The summed E-state index contributed by atoms with van der Waals surface area (Å²) >= 11 is 0. The summed E-state index contributed by atoms with van der Waals surface area (Å²) < 4.78 is 0. The fourth-order valence-corrected chi connectivity index (χ4v) is 1.76. The van der Waals surface area contributed by atoms with E-state index in [9.17, 15) is 4.79 Å². The molecule has 0 aliphatic rings. The number of hydrogen-bond acceptors (Lipinski definition) is 4. The van der Waals surface area contributed by atoms with Crippen LogP contribution < -0.4 is 11.1 Å². The third-order valence-electron chi connectivity index (χ3n) is 3.42. The number of hydrogen-bond donors (Lipinski definition) is 3. The first-order valence-electron chi connectivity index (χ1n) is 6.52. The summed E-state index contributed by atoms with van der Waals surface area (Å²) in [5.74, 6) is -0.963. The summed E-state index contributed by atoms with van der Waals surface area (Å²) in [5.41, 5.74) is 7.27. The summed E-state index contributed by atoms with van der Waals surface area (Å²) in [6.45, 7) is 6.04. The van der Waals surface area contributed by atoms with Crippen molar-refractivity contribution in [2.24, 2.45) is 0 Å². The summed E-state index contributed by atoms with van der Waals surface area (Å²) in [4.78, 5) is 13.1. The molecule has 0 amide bonds. The van der Waals surface area contributed by atoms with Crippen LogP contribution >= 0.6 is 0 Å². The molecule has 5 heteroatoms. The second-order valence-corrected chi connectivity index (χ2v) is 4.77. The molecule has 0 aromatic heterocycles. The SMILES string of the molecule is CCC(C)N(C)CCNc1ccc(C(=O)O)cc1N. The van der Waals surface area contributed by atoms with Crippen LogP contribution in [0.2, 0.25) is 0 Å². The number of aromatic carboxylic acids is 1. The lowest BCUT2D eigenvalue weighted by Gasteiger charge is -2.23. The molecule has 0 aliphatic heterocycles. The molecule has 0 heterocycles. The van der Waals surface area contributed by atoms with Crippen LogP contribution in [0.15, 0.2) is 18.2 Å². The molecular weight excluding hydrogens is 242 g/mol. The van der Waals surface area contributed by atoms with Crippen LogP contribution in [0.25, 0.3) is 0 Å². The number of nitrogens with one attached hydrogen (secondary N) is 1. The van der Waals surface area contributed by atoms with Gasteiger partial charge in [-0.25, -0.2) is 4.79 Å². The fraction of sp³-hybridized carbons (Fsp3) is 0.500. The first-order valence-corrected chi connectivity index (χ1v) is 6.52. The largest absolute Gasteiger partial charge is 0.478 e. The average molecular weight is 265 g/mol. The first kappa shape index (κ1) is 15.3. The number of carboxylic acids is 1. The van der Waals surface area contributed by atoms with Gasteiger partial charge in [0.2, 0.25) is 0 Å². The molecule has 0 aliphatic carbocycles. The van der Waals surface area contributed by atoms with E-state index in [1.807, 2.05) is 0 Å². The summed E-state index contributed by atoms with van der Waals surface area (Å²) in [7, 11) is 2.09. The number of anilines is 2. The van der Waals surface area contributed by atoms with Gasteiger partial charge in [-0.15, -0.1) is 0 Å². The van der Waals surface area contributed by atoms with Gasteiger partial charge in [-0.05, 0) is 38.6 Å². The molecule has 4 N–H and O–H groups in total. The van der Waals surface area contributed by atoms with Gasteiger partial charge in [0.05, 0.1) is 16.9 Å². The molecule has 1 aromatic carbocycles. The van der Waals surface area contributed by atoms with E-state index in [1.165, 1.54) is 6.07 Å². The number of benzene rings is 1. The van der Waals surface area contributed by atoms with Gasteiger partial charge in [0, 0.05) is 19.1 Å². The molecule has 0 bridgehead atoms. The minimum absolute atomic E-state index is 0.208. The normalized spacial score (nSPS) is 12.4. The number of rotatable bonds is 7. The Morgan fingerprint density at radius 3 is 2.74 bits per heavy atom. The van der Waals surface area contributed by atoms with Crippen molar-refractivity contribution in [2.75, 3.05) is 31.2 Å². The van der Waals surface area contributed by atoms with E-state index in [0.717, 1.165) is 25.2 Å². The minimum atomic E-state index is -0.963. The lowest BCUT2D eigenvalue weighted by molar-refractivity contribution is 0.0697. The van der Waals surface area contributed by atoms with Crippen molar-refractivity contribution in [3.63, 3.8) is 0 Å². The molecule has 19 heavy (non-hydrogen) atoms. The Morgan fingerprint density at radius 2 is 2.21 bits per heavy atom. The Hall–Kier alpha value is -1.75. The molecule has 1 aromatic rings. The standard InChI is InChI=1S/C14H23N3O2/c1-4-10(2)17(3)8-7-16-13-6-5-11(14(18)19)9-12(13)15/h5-6,9-10,16H,4,7-8,15H2,1-3H3,(H,18,19). The van der Waals surface area contributed by atoms with Gasteiger partial charge in [0.25, 0.3) is 0 Å². The second-order valence-electron chi connectivity index (χ2n) is 4.77. The summed E-state index contributed by atoms with van der Waals surface area (Å²) in [6, 6.07) is 5.29. The van der Waals surface area contributed by atoms with E-state index in [1.54, 1.807) is 12.1 Å². The lowest BCUT2D eigenvalue weighted by atomic mass is 10.1. The molecule has 1 atom stereocenters. The van der Waals surface area contributed by atoms with Gasteiger partial charge in [-0.2, -0.15) is 0 Å². The maximum Gasteiger partial charge on any atom is 0.335 e. The molecule has 0 spiro atoms. The Kier molecular flexibility index (Phi) is 5.63. The zero-order chi connectivity index (χ0) is 14.4. The van der Waals surface area contributed by atoms with E-state index in [4.69, 9.17) is 10.8 Å². The van der Waals surface area contributed by atoms with E-state index >= 15 is 0 Å². The van der Waals surface area contributed by atoms with Gasteiger partial charge in [0.1, 0.15) is 0 Å². The van der Waals surface area contributed by atoms with Crippen LogP contribution in [0.5, 0.6) is 0 Å². The third-order valence-corrected chi connectivity index (χ3v) is 3.42. The first-order chi connectivity index (χ1) is 8.95. The predicted molar refractivity (Wildman–Crippen MR) is 78.7 cm³/mol. The van der Waals surface area contributed by atoms with Crippen LogP contribution in [0.3, 0.4) is 0 Å². The van der Waals surface area contributed by atoms with Gasteiger partial charge >= 0.3 is 5.97 Å². The molecule has 0 saturated carbocycles. The Balaban J connectivity index is 2.52. The van der Waals surface area contributed by atoms with E-state index in [0.29, 0.717) is 11.7 Å². The average Bonchev–Trinajstić information content (AvgIpc) is 2.39. The lowest BCUT2D eigenvalue weighted by Crippen LogP contribution is -2.32. The number of nitrogens with two attached hydrogens (primary N) is 1. The molecule has 106 valence electrons. The zero-order valence-corrected chi connectivity index (χ0v) is 11.8. The smallest absolute Gasteiger partial charge is 0.335 e. The van der Waals surface area contributed by atoms with E-state index < -0.39 is 5.97 Å². The molecule has 1 unspecified atom stereocenters. The van der Waals surface area contributed by atoms with Crippen molar-refractivity contribution >= 4 is 17.3 Å². The molecule has 0 saturated heterocycles.